The van der Waals surface area contributed by atoms with Gasteiger partial charge in [-0.05, 0) is 31.0 Å². The summed E-state index contributed by atoms with van der Waals surface area (Å²) in [6.07, 6.45) is 6.67. The molecule has 2 heteroatoms. The largest absolute Gasteiger partial charge is 0.294 e. The highest BCUT2D eigenvalue weighted by Gasteiger charge is 2.08. The van der Waals surface area contributed by atoms with E-state index in [0.717, 1.165) is 22.0 Å². The van der Waals surface area contributed by atoms with Gasteiger partial charge in [0.15, 0.2) is 5.78 Å². The molecule has 1 aromatic carbocycles. The fourth-order valence-corrected chi connectivity index (χ4v) is 2.44. The third kappa shape index (κ3) is 5.03. The number of ketones is 1. The molecule has 1 nitrogen and oxygen atoms in total. The zero-order chi connectivity index (χ0) is 12.7. The van der Waals surface area contributed by atoms with Gasteiger partial charge < -0.3 is 0 Å². The van der Waals surface area contributed by atoms with Crippen molar-refractivity contribution in [3.05, 3.63) is 33.8 Å². The van der Waals surface area contributed by atoms with Gasteiger partial charge in [-0.15, -0.1) is 0 Å². The summed E-state index contributed by atoms with van der Waals surface area (Å²) in [6.45, 7) is 4.20. The highest BCUT2D eigenvalue weighted by Crippen LogP contribution is 2.18. The highest BCUT2D eigenvalue weighted by atomic mass is 79.9. The summed E-state index contributed by atoms with van der Waals surface area (Å²) >= 11 is 3.42. The molecule has 0 unspecified atom stereocenters. The highest BCUT2D eigenvalue weighted by molar-refractivity contribution is 9.10. The Morgan fingerprint density at radius 3 is 2.53 bits per heavy atom. The number of rotatable bonds is 7. The van der Waals surface area contributed by atoms with Crippen LogP contribution >= 0.6 is 15.9 Å². The molecule has 0 amide bonds. The number of Topliss-reactive ketones (excluding diaryl/α,β-unsaturated/α-hetero) is 1. The van der Waals surface area contributed by atoms with Crippen LogP contribution in [0.25, 0.3) is 0 Å². The number of halogens is 1. The molecule has 0 bridgehead atoms. The summed E-state index contributed by atoms with van der Waals surface area (Å²) in [7, 11) is 0. The van der Waals surface area contributed by atoms with E-state index in [1.165, 1.54) is 25.7 Å². The fraction of sp³-hybridized carbons (Fsp3) is 0.533. The first kappa shape index (κ1) is 14.4. The molecular weight excluding hydrogens is 276 g/mol. The van der Waals surface area contributed by atoms with Crippen LogP contribution in [0.4, 0.5) is 0 Å². The number of carbonyl (C=O) groups excluding carboxylic acids is 1. The van der Waals surface area contributed by atoms with E-state index in [0.29, 0.717) is 6.42 Å². The van der Waals surface area contributed by atoms with Gasteiger partial charge in [0.25, 0.3) is 0 Å². The normalized spacial score (nSPS) is 10.5. The number of unbranched alkanes of at least 4 members (excludes halogenated alkanes) is 4. The zero-order valence-electron chi connectivity index (χ0n) is 10.8. The van der Waals surface area contributed by atoms with E-state index in [2.05, 4.69) is 22.9 Å². The predicted octanol–water partition coefficient (Wildman–Crippen LogP) is 5.30. The van der Waals surface area contributed by atoms with Crippen molar-refractivity contribution in [2.45, 2.75) is 52.4 Å². The molecule has 0 heterocycles. The van der Waals surface area contributed by atoms with Gasteiger partial charge in [0, 0.05) is 16.5 Å². The lowest BCUT2D eigenvalue weighted by Crippen LogP contribution is -2.01. The third-order valence-corrected chi connectivity index (χ3v) is 3.49. The van der Waals surface area contributed by atoms with E-state index in [1.807, 2.05) is 25.1 Å². The molecule has 0 saturated heterocycles. The van der Waals surface area contributed by atoms with Crippen molar-refractivity contribution in [3.63, 3.8) is 0 Å². The van der Waals surface area contributed by atoms with Crippen molar-refractivity contribution >= 4 is 21.7 Å². The third-order valence-electron chi connectivity index (χ3n) is 3.00. The minimum atomic E-state index is 0.284. The van der Waals surface area contributed by atoms with Crippen molar-refractivity contribution in [2.75, 3.05) is 0 Å². The molecule has 0 saturated carbocycles. The van der Waals surface area contributed by atoms with Crippen LogP contribution in [0.1, 0.15) is 61.4 Å². The van der Waals surface area contributed by atoms with Gasteiger partial charge in [0.2, 0.25) is 0 Å². The van der Waals surface area contributed by atoms with Crippen molar-refractivity contribution in [3.8, 4) is 0 Å². The monoisotopic (exact) mass is 296 g/mol. The molecule has 1 rings (SSSR count). The summed E-state index contributed by atoms with van der Waals surface area (Å²) in [5, 5.41) is 0. The van der Waals surface area contributed by atoms with Crippen LogP contribution in [0.5, 0.6) is 0 Å². The maximum absolute atomic E-state index is 12.0. The van der Waals surface area contributed by atoms with E-state index in [1.54, 1.807) is 0 Å². The van der Waals surface area contributed by atoms with Gasteiger partial charge in [0.05, 0.1) is 0 Å². The lowest BCUT2D eigenvalue weighted by molar-refractivity contribution is 0.0978. The van der Waals surface area contributed by atoms with Crippen LogP contribution in [-0.2, 0) is 0 Å². The molecular formula is C15H21BrO. The van der Waals surface area contributed by atoms with Crippen LogP contribution in [0, 0.1) is 6.92 Å². The van der Waals surface area contributed by atoms with Crippen LogP contribution in [0.3, 0.4) is 0 Å². The zero-order valence-corrected chi connectivity index (χ0v) is 12.3. The minimum Gasteiger partial charge on any atom is -0.294 e. The van der Waals surface area contributed by atoms with Gasteiger partial charge in [-0.1, -0.05) is 54.6 Å². The Hall–Kier alpha value is -0.630. The molecule has 94 valence electrons. The van der Waals surface area contributed by atoms with E-state index in [4.69, 9.17) is 0 Å². The fourth-order valence-electron chi connectivity index (χ4n) is 1.96. The Bertz CT molecular complexity index is 371. The van der Waals surface area contributed by atoms with Gasteiger partial charge >= 0.3 is 0 Å². The molecule has 0 atom stereocenters. The molecule has 0 fully saturated rings. The minimum absolute atomic E-state index is 0.284. The van der Waals surface area contributed by atoms with Crippen molar-refractivity contribution in [1.82, 2.24) is 0 Å². The van der Waals surface area contributed by atoms with E-state index < -0.39 is 0 Å². The SMILES string of the molecule is CCCCCCCC(=O)c1ccc(Br)cc1C. The first-order valence-electron chi connectivity index (χ1n) is 6.44. The smallest absolute Gasteiger partial charge is 0.163 e. The lowest BCUT2D eigenvalue weighted by Gasteiger charge is -2.05. The molecule has 0 N–H and O–H groups in total. The van der Waals surface area contributed by atoms with Gasteiger partial charge in [-0.3, -0.25) is 4.79 Å². The van der Waals surface area contributed by atoms with Gasteiger partial charge in [-0.2, -0.15) is 0 Å². The number of hydrogen-bond donors (Lipinski definition) is 0. The summed E-state index contributed by atoms with van der Waals surface area (Å²) in [6, 6.07) is 5.87. The van der Waals surface area contributed by atoms with Crippen LogP contribution in [-0.4, -0.2) is 5.78 Å². The number of benzene rings is 1. The molecule has 1 aromatic rings. The van der Waals surface area contributed by atoms with Gasteiger partial charge in [-0.25, -0.2) is 0 Å². The quantitative estimate of drug-likeness (QED) is 0.493. The average molecular weight is 297 g/mol. The van der Waals surface area contributed by atoms with E-state index in [-0.39, 0.29) is 5.78 Å². The molecule has 0 aromatic heterocycles. The Kier molecular flexibility index (Phi) is 6.49. The maximum Gasteiger partial charge on any atom is 0.163 e. The second kappa shape index (κ2) is 7.65. The summed E-state index contributed by atoms with van der Waals surface area (Å²) < 4.78 is 1.04. The second-order valence-electron chi connectivity index (χ2n) is 4.55. The standard InChI is InChI=1S/C15H21BrO/c1-3-4-5-6-7-8-15(17)14-10-9-13(16)11-12(14)2/h9-11H,3-8H2,1-2H3. The summed E-state index contributed by atoms with van der Waals surface area (Å²) in [4.78, 5) is 12.0. The van der Waals surface area contributed by atoms with E-state index in [9.17, 15) is 4.79 Å². The first-order valence-corrected chi connectivity index (χ1v) is 7.23. The molecule has 0 aliphatic heterocycles. The predicted molar refractivity (Wildman–Crippen MR) is 76.6 cm³/mol. The summed E-state index contributed by atoms with van der Waals surface area (Å²) in [5.74, 6) is 0.284. The molecule has 0 aliphatic carbocycles. The lowest BCUT2D eigenvalue weighted by atomic mass is 10.00. The van der Waals surface area contributed by atoms with Crippen LogP contribution in [0.2, 0.25) is 0 Å². The van der Waals surface area contributed by atoms with Crippen LogP contribution in [0.15, 0.2) is 22.7 Å². The molecule has 0 radical (unpaired) electrons. The van der Waals surface area contributed by atoms with Gasteiger partial charge in [0.1, 0.15) is 0 Å². The Morgan fingerprint density at radius 1 is 1.18 bits per heavy atom. The Morgan fingerprint density at radius 2 is 1.88 bits per heavy atom. The molecule has 0 aliphatic rings. The molecule has 0 spiro atoms. The van der Waals surface area contributed by atoms with Crippen molar-refractivity contribution in [2.24, 2.45) is 0 Å². The Labute approximate surface area is 113 Å². The van der Waals surface area contributed by atoms with E-state index >= 15 is 0 Å². The number of carbonyl (C=O) groups is 1. The van der Waals surface area contributed by atoms with Crippen LogP contribution < -0.4 is 0 Å². The maximum atomic E-state index is 12.0. The molecule has 17 heavy (non-hydrogen) atoms. The first-order chi connectivity index (χ1) is 8.15. The van der Waals surface area contributed by atoms with Crippen molar-refractivity contribution < 1.29 is 4.79 Å². The topological polar surface area (TPSA) is 17.1 Å². The summed E-state index contributed by atoms with van der Waals surface area (Å²) in [5.41, 5.74) is 1.95. The average Bonchev–Trinajstić information content (AvgIpc) is 2.28. The number of aryl methyl sites for hydroxylation is 1. The number of hydrogen-bond acceptors (Lipinski definition) is 1. The van der Waals surface area contributed by atoms with Crippen molar-refractivity contribution in [1.29, 1.82) is 0 Å². The second-order valence-corrected chi connectivity index (χ2v) is 5.46. The Balaban J connectivity index is 2.42.